The molecule has 1 saturated heterocycles. The maximum absolute atomic E-state index is 12.6. The summed E-state index contributed by atoms with van der Waals surface area (Å²) in [6.45, 7) is 1.20. The van der Waals surface area contributed by atoms with Crippen molar-refractivity contribution < 1.29 is 27.8 Å². The Hall–Kier alpha value is -1.83. The Morgan fingerprint density at radius 3 is 2.74 bits per heavy atom. The van der Waals surface area contributed by atoms with Crippen molar-refractivity contribution in [2.45, 2.75) is 18.7 Å². The van der Waals surface area contributed by atoms with E-state index in [1.54, 1.807) is 0 Å². The standard InChI is InChI=1S/C11H11F3N2O3/c12-11(13,14)8-3-6(10(17)18)4-9(16-8)19-7-1-2-15-5-7/h3-4,7,15H,1-2,5H2,(H,17,18)/t7-/m0/s1. The lowest BCUT2D eigenvalue weighted by Crippen LogP contribution is -2.21. The van der Waals surface area contributed by atoms with Crippen molar-refractivity contribution >= 4 is 5.97 Å². The monoisotopic (exact) mass is 276 g/mol. The normalized spacial score (nSPS) is 19.4. The van der Waals surface area contributed by atoms with Crippen LogP contribution in [-0.4, -0.2) is 35.3 Å². The summed E-state index contributed by atoms with van der Waals surface area (Å²) in [5.41, 5.74) is -1.77. The van der Waals surface area contributed by atoms with Crippen LogP contribution in [0.5, 0.6) is 5.88 Å². The predicted octanol–water partition coefficient (Wildman–Crippen LogP) is 1.54. The maximum Gasteiger partial charge on any atom is 0.433 e. The van der Waals surface area contributed by atoms with Crippen molar-refractivity contribution in [3.63, 3.8) is 0 Å². The van der Waals surface area contributed by atoms with E-state index in [1.807, 2.05) is 0 Å². The van der Waals surface area contributed by atoms with Crippen LogP contribution in [0.2, 0.25) is 0 Å². The molecule has 1 fully saturated rings. The van der Waals surface area contributed by atoms with Crippen LogP contribution >= 0.6 is 0 Å². The number of carboxylic acids is 1. The van der Waals surface area contributed by atoms with E-state index in [0.29, 0.717) is 25.6 Å². The molecule has 0 spiro atoms. The first kappa shape index (κ1) is 13.6. The summed E-state index contributed by atoms with van der Waals surface area (Å²) in [6.07, 6.45) is -4.37. The Morgan fingerprint density at radius 1 is 1.47 bits per heavy atom. The maximum atomic E-state index is 12.6. The molecule has 0 saturated carbocycles. The smallest absolute Gasteiger partial charge is 0.433 e. The summed E-state index contributed by atoms with van der Waals surface area (Å²) in [5, 5.41) is 11.8. The van der Waals surface area contributed by atoms with Gasteiger partial charge < -0.3 is 15.2 Å². The van der Waals surface area contributed by atoms with Crippen molar-refractivity contribution in [3.8, 4) is 5.88 Å². The molecule has 1 aliphatic heterocycles. The molecule has 104 valence electrons. The zero-order valence-electron chi connectivity index (χ0n) is 9.70. The molecule has 0 amide bonds. The van der Waals surface area contributed by atoms with E-state index in [1.165, 1.54) is 0 Å². The number of halogens is 3. The van der Waals surface area contributed by atoms with Crippen LogP contribution < -0.4 is 10.1 Å². The van der Waals surface area contributed by atoms with E-state index < -0.39 is 23.4 Å². The molecular formula is C11H11F3N2O3. The number of hydrogen-bond donors (Lipinski definition) is 2. The van der Waals surface area contributed by atoms with Crippen LogP contribution in [0.4, 0.5) is 13.2 Å². The van der Waals surface area contributed by atoms with Gasteiger partial charge in [-0.05, 0) is 19.0 Å². The van der Waals surface area contributed by atoms with E-state index in [9.17, 15) is 18.0 Å². The van der Waals surface area contributed by atoms with Crippen molar-refractivity contribution in [3.05, 3.63) is 23.4 Å². The first-order chi connectivity index (χ1) is 8.86. The number of alkyl halides is 3. The van der Waals surface area contributed by atoms with E-state index in [0.717, 1.165) is 6.07 Å². The fourth-order valence-electron chi connectivity index (χ4n) is 1.73. The first-order valence-electron chi connectivity index (χ1n) is 5.56. The number of aromatic carboxylic acids is 1. The van der Waals surface area contributed by atoms with Gasteiger partial charge in [0.25, 0.3) is 0 Å². The zero-order valence-corrected chi connectivity index (χ0v) is 9.70. The molecule has 2 rings (SSSR count). The summed E-state index contributed by atoms with van der Waals surface area (Å²) < 4.78 is 43.1. The fourth-order valence-corrected chi connectivity index (χ4v) is 1.73. The fraction of sp³-hybridized carbons (Fsp3) is 0.455. The van der Waals surface area contributed by atoms with Crippen LogP contribution in [0.15, 0.2) is 12.1 Å². The molecule has 0 bridgehead atoms. The molecule has 2 N–H and O–H groups in total. The van der Waals surface area contributed by atoms with Gasteiger partial charge in [0.15, 0.2) is 0 Å². The van der Waals surface area contributed by atoms with Crippen LogP contribution in [0.3, 0.4) is 0 Å². The largest absolute Gasteiger partial charge is 0.478 e. The predicted molar refractivity (Wildman–Crippen MR) is 58.1 cm³/mol. The average Bonchev–Trinajstić information content (AvgIpc) is 2.80. The number of nitrogens with one attached hydrogen (secondary N) is 1. The van der Waals surface area contributed by atoms with Gasteiger partial charge >= 0.3 is 12.1 Å². The molecule has 0 radical (unpaired) electrons. The summed E-state index contributed by atoms with van der Waals surface area (Å²) in [7, 11) is 0. The summed E-state index contributed by atoms with van der Waals surface area (Å²) in [6, 6.07) is 1.48. The van der Waals surface area contributed by atoms with E-state index in [4.69, 9.17) is 9.84 Å². The Morgan fingerprint density at radius 2 is 2.21 bits per heavy atom. The molecule has 5 nitrogen and oxygen atoms in total. The lowest BCUT2D eigenvalue weighted by Gasteiger charge is -2.14. The second kappa shape index (κ2) is 5.04. The topological polar surface area (TPSA) is 71.5 Å². The lowest BCUT2D eigenvalue weighted by molar-refractivity contribution is -0.141. The van der Waals surface area contributed by atoms with E-state index in [2.05, 4.69) is 10.3 Å². The number of rotatable bonds is 3. The summed E-state index contributed by atoms with van der Waals surface area (Å²) in [5.74, 6) is -1.77. The Bertz CT molecular complexity index is 485. The van der Waals surface area contributed by atoms with Gasteiger partial charge in [0.1, 0.15) is 11.8 Å². The van der Waals surface area contributed by atoms with E-state index >= 15 is 0 Å². The van der Waals surface area contributed by atoms with Crippen molar-refractivity contribution in [1.29, 1.82) is 0 Å². The number of aromatic nitrogens is 1. The minimum Gasteiger partial charge on any atom is -0.478 e. The highest BCUT2D eigenvalue weighted by molar-refractivity contribution is 5.88. The Kier molecular flexibility index (Phi) is 3.61. The number of nitrogens with zero attached hydrogens (tertiary/aromatic N) is 1. The third-order valence-corrected chi connectivity index (χ3v) is 2.64. The minimum atomic E-state index is -4.71. The van der Waals surface area contributed by atoms with Crippen LogP contribution in [0.25, 0.3) is 0 Å². The van der Waals surface area contributed by atoms with Crippen molar-refractivity contribution in [1.82, 2.24) is 10.3 Å². The first-order valence-corrected chi connectivity index (χ1v) is 5.56. The van der Waals surface area contributed by atoms with Gasteiger partial charge in [-0.1, -0.05) is 0 Å². The van der Waals surface area contributed by atoms with E-state index in [-0.39, 0.29) is 12.0 Å². The zero-order chi connectivity index (χ0) is 14.0. The third kappa shape index (κ3) is 3.34. The van der Waals surface area contributed by atoms with Crippen molar-refractivity contribution in [2.75, 3.05) is 13.1 Å². The molecule has 1 atom stereocenters. The molecule has 0 aliphatic carbocycles. The highest BCUT2D eigenvalue weighted by atomic mass is 19.4. The second-order valence-corrected chi connectivity index (χ2v) is 4.11. The van der Waals surface area contributed by atoms with Gasteiger partial charge in [0, 0.05) is 12.6 Å². The number of ether oxygens (including phenoxy) is 1. The van der Waals surface area contributed by atoms with Crippen LogP contribution in [-0.2, 0) is 6.18 Å². The van der Waals surface area contributed by atoms with Crippen LogP contribution in [0.1, 0.15) is 22.5 Å². The van der Waals surface area contributed by atoms with Gasteiger partial charge in [-0.3, -0.25) is 0 Å². The van der Waals surface area contributed by atoms with Gasteiger partial charge in [-0.2, -0.15) is 13.2 Å². The lowest BCUT2D eigenvalue weighted by atomic mass is 10.2. The molecule has 0 unspecified atom stereocenters. The molecule has 1 aromatic rings. The van der Waals surface area contributed by atoms with Gasteiger partial charge in [-0.15, -0.1) is 0 Å². The number of hydrogen-bond acceptors (Lipinski definition) is 4. The molecular weight excluding hydrogens is 265 g/mol. The van der Waals surface area contributed by atoms with Gasteiger partial charge in [0.2, 0.25) is 5.88 Å². The number of carbonyl (C=O) groups is 1. The molecule has 19 heavy (non-hydrogen) atoms. The second-order valence-electron chi connectivity index (χ2n) is 4.11. The van der Waals surface area contributed by atoms with Gasteiger partial charge in [-0.25, -0.2) is 9.78 Å². The molecule has 8 heteroatoms. The average molecular weight is 276 g/mol. The number of carboxylic acid groups (broad SMARTS) is 1. The number of pyridine rings is 1. The quantitative estimate of drug-likeness (QED) is 0.876. The highest BCUT2D eigenvalue weighted by Crippen LogP contribution is 2.30. The molecule has 1 aliphatic rings. The van der Waals surface area contributed by atoms with Crippen molar-refractivity contribution in [2.24, 2.45) is 0 Å². The molecule has 0 aromatic carbocycles. The Balaban J connectivity index is 2.31. The summed E-state index contributed by atoms with van der Waals surface area (Å²) >= 11 is 0. The Labute approximate surface area is 106 Å². The molecule has 2 heterocycles. The highest BCUT2D eigenvalue weighted by Gasteiger charge is 2.34. The van der Waals surface area contributed by atoms with Gasteiger partial charge in [0.05, 0.1) is 5.56 Å². The minimum absolute atomic E-state index is 0.294. The molecule has 1 aromatic heterocycles. The summed E-state index contributed by atoms with van der Waals surface area (Å²) in [4.78, 5) is 14.1. The third-order valence-electron chi connectivity index (χ3n) is 2.64. The van der Waals surface area contributed by atoms with Crippen LogP contribution in [0, 0.1) is 0 Å². The SMILES string of the molecule is O=C(O)c1cc(O[C@H]2CCNC2)nc(C(F)(F)F)c1.